The summed E-state index contributed by atoms with van der Waals surface area (Å²) in [5.74, 6) is 0.651. The molecule has 0 saturated carbocycles. The fourth-order valence-corrected chi connectivity index (χ4v) is 3.99. The number of carbonyl (C=O) groups excluding carboxylic acids is 1. The highest BCUT2D eigenvalue weighted by atomic mass is 32.2. The van der Waals surface area contributed by atoms with Gasteiger partial charge in [0.25, 0.3) is 0 Å². The second-order valence-corrected chi connectivity index (χ2v) is 7.98. The van der Waals surface area contributed by atoms with Crippen molar-refractivity contribution in [1.29, 1.82) is 0 Å². The molecule has 2 heterocycles. The summed E-state index contributed by atoms with van der Waals surface area (Å²) in [7, 11) is 0. The predicted octanol–water partition coefficient (Wildman–Crippen LogP) is 4.81. The van der Waals surface area contributed by atoms with Crippen LogP contribution in [0.3, 0.4) is 0 Å². The minimum Gasteiger partial charge on any atom is -0.325 e. The third kappa shape index (κ3) is 3.49. The zero-order valence-corrected chi connectivity index (χ0v) is 15.6. The molecule has 2 N–H and O–H groups in total. The van der Waals surface area contributed by atoms with Gasteiger partial charge < -0.3 is 5.32 Å². The number of benzene rings is 2. The van der Waals surface area contributed by atoms with E-state index >= 15 is 0 Å². The van der Waals surface area contributed by atoms with E-state index in [2.05, 4.69) is 20.5 Å². The van der Waals surface area contributed by atoms with Gasteiger partial charge in [-0.1, -0.05) is 54.2 Å². The molecule has 0 spiro atoms. The highest BCUT2D eigenvalue weighted by Crippen LogP contribution is 2.27. The summed E-state index contributed by atoms with van der Waals surface area (Å²) < 4.78 is 0. The van der Waals surface area contributed by atoms with Crippen LogP contribution in [0.2, 0.25) is 0 Å². The van der Waals surface area contributed by atoms with E-state index in [1.165, 1.54) is 11.8 Å². The van der Waals surface area contributed by atoms with Gasteiger partial charge in [0.2, 0.25) is 11.1 Å². The number of fused-ring (bicyclic) bond motifs is 1. The molecule has 26 heavy (non-hydrogen) atoms. The van der Waals surface area contributed by atoms with Crippen LogP contribution >= 0.6 is 23.1 Å². The third-order valence-electron chi connectivity index (χ3n) is 3.92. The van der Waals surface area contributed by atoms with Gasteiger partial charge in [-0.05, 0) is 29.8 Å². The van der Waals surface area contributed by atoms with Crippen LogP contribution in [0, 0.1) is 0 Å². The van der Waals surface area contributed by atoms with Crippen molar-refractivity contribution in [3.05, 3.63) is 60.0 Å². The number of amides is 1. The molecule has 2 aromatic carbocycles. The lowest BCUT2D eigenvalue weighted by Gasteiger charge is -2.12. The maximum atomic E-state index is 12.6. The number of nitrogens with zero attached hydrogens (tertiary/aromatic N) is 2. The van der Waals surface area contributed by atoms with Gasteiger partial charge in [-0.25, -0.2) is 4.98 Å². The molecule has 4 rings (SSSR count). The van der Waals surface area contributed by atoms with E-state index < -0.39 is 0 Å². The molecule has 7 heteroatoms. The number of carbonyl (C=O) groups is 1. The molecule has 0 saturated heterocycles. The standard InChI is InChI=1S/C19H16N4OS2/c1-12(26-19-21-17(22-23-19)16-10-5-11-25-16)18(24)20-15-9-4-7-13-6-2-3-8-14(13)15/h2-12H,1H3,(H,20,24)(H,21,22,23)/t12-/m1/s1. The van der Waals surface area contributed by atoms with Gasteiger partial charge in [-0.2, -0.15) is 0 Å². The van der Waals surface area contributed by atoms with Crippen molar-refractivity contribution in [1.82, 2.24) is 15.2 Å². The minimum absolute atomic E-state index is 0.0752. The van der Waals surface area contributed by atoms with Gasteiger partial charge in [-0.3, -0.25) is 9.89 Å². The number of thioether (sulfide) groups is 1. The predicted molar refractivity (Wildman–Crippen MR) is 108 cm³/mol. The highest BCUT2D eigenvalue weighted by Gasteiger charge is 2.18. The molecule has 0 aliphatic heterocycles. The molecule has 0 aliphatic rings. The molecule has 0 radical (unpaired) electrons. The fourth-order valence-electron chi connectivity index (χ4n) is 2.60. The van der Waals surface area contributed by atoms with Crippen molar-refractivity contribution in [3.8, 4) is 10.7 Å². The Kier molecular flexibility index (Phi) is 4.73. The van der Waals surface area contributed by atoms with Crippen molar-refractivity contribution in [2.75, 3.05) is 5.32 Å². The zero-order valence-electron chi connectivity index (χ0n) is 14.0. The van der Waals surface area contributed by atoms with Gasteiger partial charge in [-0.15, -0.1) is 16.4 Å². The summed E-state index contributed by atoms with van der Waals surface area (Å²) in [4.78, 5) is 18.1. The summed E-state index contributed by atoms with van der Waals surface area (Å²) in [5.41, 5.74) is 0.815. The Morgan fingerprint density at radius 3 is 2.85 bits per heavy atom. The van der Waals surface area contributed by atoms with Crippen LogP contribution in [0.5, 0.6) is 0 Å². The van der Waals surface area contributed by atoms with Gasteiger partial charge in [0.15, 0.2) is 5.82 Å². The summed E-state index contributed by atoms with van der Waals surface area (Å²) in [6.45, 7) is 1.85. The molecule has 0 bridgehead atoms. The van der Waals surface area contributed by atoms with E-state index in [0.29, 0.717) is 5.16 Å². The first-order chi connectivity index (χ1) is 12.7. The molecule has 4 aromatic rings. The van der Waals surface area contributed by atoms with Crippen LogP contribution < -0.4 is 5.32 Å². The van der Waals surface area contributed by atoms with Gasteiger partial charge in [0.1, 0.15) is 0 Å². The molecule has 130 valence electrons. The van der Waals surface area contributed by atoms with Crippen LogP contribution in [-0.2, 0) is 4.79 Å². The van der Waals surface area contributed by atoms with Crippen LogP contribution in [0.15, 0.2) is 65.1 Å². The molecule has 0 aliphatic carbocycles. The summed E-state index contributed by atoms with van der Waals surface area (Å²) in [5, 5.41) is 14.5. The smallest absolute Gasteiger partial charge is 0.237 e. The van der Waals surface area contributed by atoms with Crippen LogP contribution in [0.4, 0.5) is 5.69 Å². The number of H-pyrrole nitrogens is 1. The number of thiophene rings is 1. The Labute approximate surface area is 158 Å². The monoisotopic (exact) mass is 380 g/mol. The number of anilines is 1. The van der Waals surface area contributed by atoms with E-state index in [1.54, 1.807) is 11.3 Å². The van der Waals surface area contributed by atoms with Crippen molar-refractivity contribution < 1.29 is 4.79 Å². The van der Waals surface area contributed by atoms with Crippen LogP contribution in [0.1, 0.15) is 6.92 Å². The van der Waals surface area contributed by atoms with Crippen molar-refractivity contribution in [2.45, 2.75) is 17.3 Å². The zero-order chi connectivity index (χ0) is 17.9. The second-order valence-electron chi connectivity index (χ2n) is 5.72. The quantitative estimate of drug-likeness (QED) is 0.488. The normalized spacial score (nSPS) is 12.2. The number of hydrogen-bond donors (Lipinski definition) is 2. The number of rotatable bonds is 5. The Bertz CT molecular complexity index is 1040. The lowest BCUT2D eigenvalue weighted by molar-refractivity contribution is -0.115. The first kappa shape index (κ1) is 16.8. The lowest BCUT2D eigenvalue weighted by Crippen LogP contribution is -2.22. The molecule has 5 nitrogen and oxygen atoms in total. The van der Waals surface area contributed by atoms with Crippen molar-refractivity contribution >= 4 is 45.5 Å². The van der Waals surface area contributed by atoms with Gasteiger partial charge in [0.05, 0.1) is 10.1 Å². The first-order valence-electron chi connectivity index (χ1n) is 8.12. The number of aromatic nitrogens is 3. The molecule has 1 amide bonds. The average molecular weight is 380 g/mol. The topological polar surface area (TPSA) is 70.7 Å². The Morgan fingerprint density at radius 2 is 2.00 bits per heavy atom. The van der Waals surface area contributed by atoms with E-state index in [4.69, 9.17) is 0 Å². The first-order valence-corrected chi connectivity index (χ1v) is 9.88. The average Bonchev–Trinajstić information content (AvgIpc) is 3.33. The highest BCUT2D eigenvalue weighted by molar-refractivity contribution is 8.00. The maximum Gasteiger partial charge on any atom is 0.237 e. The van der Waals surface area contributed by atoms with Gasteiger partial charge >= 0.3 is 0 Å². The van der Waals surface area contributed by atoms with Crippen LogP contribution in [-0.4, -0.2) is 26.3 Å². The Balaban J connectivity index is 1.46. The molecular weight excluding hydrogens is 364 g/mol. The fraction of sp³-hybridized carbons (Fsp3) is 0.105. The number of aromatic amines is 1. The molecule has 1 atom stereocenters. The van der Waals surface area contributed by atoms with Crippen molar-refractivity contribution in [2.24, 2.45) is 0 Å². The third-order valence-corrected chi connectivity index (χ3v) is 5.76. The number of hydrogen-bond acceptors (Lipinski definition) is 5. The van der Waals surface area contributed by atoms with E-state index in [-0.39, 0.29) is 11.2 Å². The van der Waals surface area contributed by atoms with Crippen molar-refractivity contribution in [3.63, 3.8) is 0 Å². The molecule has 0 fully saturated rings. The minimum atomic E-state index is -0.319. The largest absolute Gasteiger partial charge is 0.325 e. The molecular formula is C19H16N4OS2. The summed E-state index contributed by atoms with van der Waals surface area (Å²) >= 11 is 2.93. The van der Waals surface area contributed by atoms with Gasteiger partial charge in [0, 0.05) is 11.1 Å². The molecule has 2 aromatic heterocycles. The van der Waals surface area contributed by atoms with Crippen LogP contribution in [0.25, 0.3) is 21.5 Å². The number of nitrogens with one attached hydrogen (secondary N) is 2. The van der Waals surface area contributed by atoms with E-state index in [1.807, 2.05) is 66.9 Å². The summed E-state index contributed by atoms with van der Waals surface area (Å²) in [6.07, 6.45) is 0. The molecule has 0 unspecified atom stereocenters. The summed E-state index contributed by atoms with van der Waals surface area (Å²) in [6, 6.07) is 17.8. The van der Waals surface area contributed by atoms with E-state index in [9.17, 15) is 4.79 Å². The maximum absolute atomic E-state index is 12.6. The Hall–Kier alpha value is -2.64. The lowest BCUT2D eigenvalue weighted by atomic mass is 10.1. The van der Waals surface area contributed by atoms with E-state index in [0.717, 1.165) is 27.2 Å². The SMILES string of the molecule is C[C@@H](Sc1n[nH]c(-c2cccs2)n1)C(=O)Nc1cccc2ccccc12. The Morgan fingerprint density at radius 1 is 1.15 bits per heavy atom. The second kappa shape index (κ2) is 7.31.